The second-order valence-electron chi connectivity index (χ2n) is 9.21. The van der Waals surface area contributed by atoms with E-state index in [2.05, 4.69) is 18.2 Å². The van der Waals surface area contributed by atoms with Crippen LogP contribution in [0.5, 0.6) is 5.75 Å². The van der Waals surface area contributed by atoms with Crippen LogP contribution in [-0.4, -0.2) is 18.7 Å². The van der Waals surface area contributed by atoms with Crippen LogP contribution in [0, 0.1) is 11.3 Å². The van der Waals surface area contributed by atoms with Crippen LogP contribution >= 0.6 is 0 Å². The highest BCUT2D eigenvalue weighted by molar-refractivity contribution is 6.08. The first-order chi connectivity index (χ1) is 17.6. The first kappa shape index (κ1) is 21.9. The van der Waals surface area contributed by atoms with Gasteiger partial charge in [-0.25, -0.2) is 4.99 Å². The number of fused-ring (bicyclic) bond motifs is 4. The Labute approximate surface area is 209 Å². The molecule has 2 aliphatic heterocycles. The van der Waals surface area contributed by atoms with Gasteiger partial charge in [-0.15, -0.1) is 0 Å². The predicted octanol–water partition coefficient (Wildman–Crippen LogP) is 5.15. The Morgan fingerprint density at radius 2 is 1.75 bits per heavy atom. The molecule has 2 heterocycles. The van der Waals surface area contributed by atoms with Crippen LogP contribution in [0.15, 0.2) is 107 Å². The van der Waals surface area contributed by atoms with Crippen LogP contribution in [0.4, 0.5) is 5.69 Å². The van der Waals surface area contributed by atoms with Crippen molar-refractivity contribution in [3.8, 4) is 11.8 Å². The number of nitriles is 1. The van der Waals surface area contributed by atoms with Gasteiger partial charge in [0.15, 0.2) is 11.6 Å². The minimum Gasteiger partial charge on any atom is -0.497 e. The normalized spacial score (nSPS) is 20.7. The topological polar surface area (TPSA) is 91.7 Å². The summed E-state index contributed by atoms with van der Waals surface area (Å²) < 4.78 is 5.46. The molecule has 0 saturated heterocycles. The van der Waals surface area contributed by atoms with Gasteiger partial charge in [0.25, 0.3) is 0 Å². The Balaban J connectivity index is 1.62. The van der Waals surface area contributed by atoms with Crippen LogP contribution in [0.2, 0.25) is 0 Å². The zero-order valence-electron chi connectivity index (χ0n) is 19.8. The molecule has 176 valence electrons. The van der Waals surface area contributed by atoms with Gasteiger partial charge in [-0.2, -0.15) is 5.26 Å². The molecule has 6 heteroatoms. The first-order valence-electron chi connectivity index (χ1n) is 11.9. The van der Waals surface area contributed by atoms with Crippen LogP contribution in [0.3, 0.4) is 0 Å². The minimum atomic E-state index is -0.544. The van der Waals surface area contributed by atoms with Gasteiger partial charge in [-0.1, -0.05) is 54.6 Å². The van der Waals surface area contributed by atoms with Crippen LogP contribution < -0.4 is 15.4 Å². The molecule has 3 aromatic carbocycles. The van der Waals surface area contributed by atoms with Crippen LogP contribution in [0.25, 0.3) is 0 Å². The van der Waals surface area contributed by atoms with E-state index in [1.54, 1.807) is 7.11 Å². The Bertz CT molecular complexity index is 1530. The number of methoxy groups -OCH3 is 1. The van der Waals surface area contributed by atoms with Crippen molar-refractivity contribution >= 4 is 17.3 Å². The van der Waals surface area contributed by atoms with Gasteiger partial charge >= 0.3 is 0 Å². The number of aliphatic imine (C=N–C) groups is 1. The highest BCUT2D eigenvalue weighted by Gasteiger charge is 2.45. The molecular weight excluding hydrogens is 448 g/mol. The fraction of sp³-hybridized carbons (Fsp3) is 0.167. The summed E-state index contributed by atoms with van der Waals surface area (Å²) in [6.45, 7) is 0. The zero-order valence-corrected chi connectivity index (χ0v) is 19.8. The van der Waals surface area contributed by atoms with E-state index in [1.165, 1.54) is 0 Å². The van der Waals surface area contributed by atoms with Crippen molar-refractivity contribution in [2.75, 3.05) is 12.0 Å². The number of para-hydroxylation sites is 1. The second kappa shape index (κ2) is 8.54. The molecule has 0 spiro atoms. The fourth-order valence-corrected chi connectivity index (χ4v) is 5.63. The van der Waals surface area contributed by atoms with E-state index >= 15 is 0 Å². The molecule has 3 aromatic rings. The third kappa shape index (κ3) is 3.32. The Morgan fingerprint density at radius 3 is 2.53 bits per heavy atom. The van der Waals surface area contributed by atoms with E-state index in [0.717, 1.165) is 28.1 Å². The maximum absolute atomic E-state index is 14.0. The van der Waals surface area contributed by atoms with Gasteiger partial charge in [0.05, 0.1) is 30.4 Å². The molecule has 3 aliphatic rings. The lowest BCUT2D eigenvalue weighted by Crippen LogP contribution is -2.40. The van der Waals surface area contributed by atoms with Crippen LogP contribution in [0.1, 0.15) is 41.4 Å². The van der Waals surface area contributed by atoms with Crippen molar-refractivity contribution in [2.45, 2.75) is 24.7 Å². The Morgan fingerprint density at radius 1 is 1.00 bits per heavy atom. The van der Waals surface area contributed by atoms with Crippen molar-refractivity contribution in [1.29, 1.82) is 5.26 Å². The molecule has 0 fully saturated rings. The van der Waals surface area contributed by atoms with E-state index in [0.29, 0.717) is 41.4 Å². The van der Waals surface area contributed by atoms with E-state index < -0.39 is 5.92 Å². The average molecular weight is 473 g/mol. The van der Waals surface area contributed by atoms with Crippen molar-refractivity contribution in [3.63, 3.8) is 0 Å². The Hall–Kier alpha value is -4.63. The minimum absolute atomic E-state index is 0.0312. The van der Waals surface area contributed by atoms with Crippen molar-refractivity contribution in [3.05, 3.63) is 118 Å². The van der Waals surface area contributed by atoms with Crippen molar-refractivity contribution in [2.24, 2.45) is 10.7 Å². The van der Waals surface area contributed by atoms with Gasteiger partial charge in [0.2, 0.25) is 0 Å². The van der Waals surface area contributed by atoms with Crippen LogP contribution in [-0.2, 0) is 4.79 Å². The maximum atomic E-state index is 14.0. The number of ether oxygens (including phenoxy) is 1. The molecule has 0 saturated carbocycles. The van der Waals surface area contributed by atoms with Gasteiger partial charge in [0.1, 0.15) is 11.6 Å². The summed E-state index contributed by atoms with van der Waals surface area (Å²) >= 11 is 0. The summed E-state index contributed by atoms with van der Waals surface area (Å²) in [5.74, 6) is 1.05. The lowest BCUT2D eigenvalue weighted by Gasteiger charge is -2.43. The SMILES string of the molecule is COc1cccc([C@H]2C(C#N)=C3N=C(N)c4ccccc4N3C3=C2C(=O)C[C@@H](c2ccccc2)C3)c1. The summed E-state index contributed by atoms with van der Waals surface area (Å²) in [6, 6.07) is 27.8. The average Bonchev–Trinajstić information content (AvgIpc) is 2.92. The third-order valence-corrected chi connectivity index (χ3v) is 7.25. The number of benzene rings is 3. The van der Waals surface area contributed by atoms with Crippen molar-refractivity contribution < 1.29 is 9.53 Å². The number of carbonyl (C=O) groups is 1. The van der Waals surface area contributed by atoms with E-state index in [1.807, 2.05) is 71.6 Å². The quantitative estimate of drug-likeness (QED) is 0.569. The molecule has 6 nitrogen and oxygen atoms in total. The largest absolute Gasteiger partial charge is 0.497 e. The highest BCUT2D eigenvalue weighted by Crippen LogP contribution is 2.51. The molecular formula is C30H24N4O2. The summed E-state index contributed by atoms with van der Waals surface area (Å²) in [6.07, 6.45) is 1.04. The summed E-state index contributed by atoms with van der Waals surface area (Å²) in [4.78, 5) is 20.7. The second-order valence-corrected chi connectivity index (χ2v) is 9.21. The third-order valence-electron chi connectivity index (χ3n) is 7.25. The molecule has 2 N–H and O–H groups in total. The smallest absolute Gasteiger partial charge is 0.162 e. The number of anilines is 1. The number of allylic oxidation sites excluding steroid dienone is 3. The summed E-state index contributed by atoms with van der Waals surface area (Å²) in [5.41, 5.74) is 11.9. The fourth-order valence-electron chi connectivity index (χ4n) is 5.63. The van der Waals surface area contributed by atoms with Gasteiger partial charge < -0.3 is 10.5 Å². The van der Waals surface area contributed by atoms with Gasteiger partial charge in [0, 0.05) is 23.3 Å². The summed E-state index contributed by atoms with van der Waals surface area (Å²) in [5, 5.41) is 10.4. The number of nitrogens with two attached hydrogens (primary N) is 1. The van der Waals surface area contributed by atoms with E-state index in [4.69, 9.17) is 15.5 Å². The Kier molecular flexibility index (Phi) is 5.19. The molecule has 0 amide bonds. The predicted molar refractivity (Wildman–Crippen MR) is 138 cm³/mol. The number of rotatable bonds is 3. The number of carbonyl (C=O) groups excluding carboxylic acids is 1. The molecule has 36 heavy (non-hydrogen) atoms. The number of amidine groups is 1. The molecule has 0 unspecified atom stereocenters. The lowest BCUT2D eigenvalue weighted by atomic mass is 9.71. The maximum Gasteiger partial charge on any atom is 0.162 e. The summed E-state index contributed by atoms with van der Waals surface area (Å²) in [7, 11) is 1.61. The van der Waals surface area contributed by atoms with E-state index in [9.17, 15) is 10.1 Å². The highest BCUT2D eigenvalue weighted by atomic mass is 16.5. The standard InChI is InChI=1S/C30H24N4O2/c1-36-21-11-7-10-19(14-21)27-23(17-31)30-33-29(32)22-12-5-6-13-24(22)34(30)25-15-20(16-26(35)28(25)27)18-8-3-2-4-9-18/h2-14,20,27H,15-16H2,1H3,(H2,32,33)/t20-,27-/m0/s1. The molecule has 0 radical (unpaired) electrons. The molecule has 2 atom stereocenters. The number of hydrogen-bond donors (Lipinski definition) is 1. The van der Waals surface area contributed by atoms with Gasteiger partial charge in [-0.05, 0) is 47.7 Å². The monoisotopic (exact) mass is 472 g/mol. The molecule has 6 rings (SSSR count). The zero-order chi connectivity index (χ0) is 24.8. The number of Topliss-reactive ketones (excluding diaryl/α,β-unsaturated/α-hetero) is 1. The van der Waals surface area contributed by atoms with Crippen molar-refractivity contribution in [1.82, 2.24) is 0 Å². The first-order valence-corrected chi connectivity index (χ1v) is 11.9. The lowest BCUT2D eigenvalue weighted by molar-refractivity contribution is -0.116. The van der Waals surface area contributed by atoms with E-state index in [-0.39, 0.29) is 11.7 Å². The number of hydrogen-bond acceptors (Lipinski definition) is 6. The molecule has 0 bridgehead atoms. The molecule has 0 aromatic heterocycles. The number of ketones is 1. The molecule has 1 aliphatic carbocycles. The van der Waals surface area contributed by atoms with Gasteiger partial charge in [-0.3, -0.25) is 9.69 Å². The number of nitrogens with zero attached hydrogens (tertiary/aromatic N) is 3.